The first-order chi connectivity index (χ1) is 10.1. The van der Waals surface area contributed by atoms with Crippen LogP contribution in [0.4, 0.5) is 0 Å². The second kappa shape index (κ2) is 7.92. The van der Waals surface area contributed by atoms with Gasteiger partial charge in [-0.2, -0.15) is 0 Å². The number of piperazine rings is 1. The van der Waals surface area contributed by atoms with Crippen LogP contribution in [0, 0.1) is 5.92 Å². The molecule has 1 aliphatic rings. The maximum Gasteiger partial charge on any atom is 0.151 e. The molecule has 1 saturated heterocycles. The molecule has 120 valence electrons. The summed E-state index contributed by atoms with van der Waals surface area (Å²) < 4.78 is 5.47. The van der Waals surface area contributed by atoms with E-state index in [1.165, 1.54) is 0 Å². The van der Waals surface area contributed by atoms with E-state index in [0.717, 1.165) is 57.3 Å². The first kappa shape index (κ1) is 16.5. The van der Waals surface area contributed by atoms with Gasteiger partial charge in [0.15, 0.2) is 5.76 Å². The molecule has 5 heteroatoms. The van der Waals surface area contributed by atoms with Crippen molar-refractivity contribution in [2.45, 2.75) is 46.8 Å². The Labute approximate surface area is 128 Å². The maximum atomic E-state index is 5.47. The highest BCUT2D eigenvalue weighted by molar-refractivity contribution is 5.05. The number of likely N-dealkylation sites (N-methyl/N-ethyl adjacent to an activating group) is 1. The number of hydrogen-bond donors (Lipinski definition) is 1. The van der Waals surface area contributed by atoms with Crippen molar-refractivity contribution in [3.63, 3.8) is 0 Å². The molecule has 21 heavy (non-hydrogen) atoms. The summed E-state index contributed by atoms with van der Waals surface area (Å²) in [7, 11) is 0. The van der Waals surface area contributed by atoms with Crippen LogP contribution in [0.2, 0.25) is 0 Å². The lowest BCUT2D eigenvalue weighted by Crippen LogP contribution is -2.51. The van der Waals surface area contributed by atoms with Gasteiger partial charge in [-0.25, -0.2) is 0 Å². The molecule has 1 fully saturated rings. The Hall–Kier alpha value is -0.910. The molecule has 2 heterocycles. The summed E-state index contributed by atoms with van der Waals surface area (Å²) in [5, 5.41) is 7.55. The monoisotopic (exact) mass is 294 g/mol. The first-order valence-corrected chi connectivity index (χ1v) is 8.20. The van der Waals surface area contributed by atoms with Crippen LogP contribution in [-0.2, 0) is 13.1 Å². The van der Waals surface area contributed by atoms with Crippen LogP contribution in [0.5, 0.6) is 0 Å². The van der Waals surface area contributed by atoms with Crippen molar-refractivity contribution in [2.24, 2.45) is 5.92 Å². The smallest absolute Gasteiger partial charge is 0.151 e. The molecule has 0 bridgehead atoms. The Morgan fingerprint density at radius 3 is 2.90 bits per heavy atom. The molecule has 1 aliphatic heterocycles. The molecule has 5 nitrogen and oxygen atoms in total. The number of aromatic nitrogens is 1. The quantitative estimate of drug-likeness (QED) is 0.833. The van der Waals surface area contributed by atoms with Gasteiger partial charge in [-0.1, -0.05) is 25.9 Å². The summed E-state index contributed by atoms with van der Waals surface area (Å²) in [6.07, 6.45) is 0. The standard InChI is InChI=1S/C16H30N4O/c1-5-20-7-6-19(11-14(20)4)12-16-8-15(18-21-16)10-17-9-13(2)3/h8,13-14,17H,5-7,9-12H2,1-4H3. The molecular formula is C16H30N4O. The second-order valence-electron chi connectivity index (χ2n) is 6.52. The van der Waals surface area contributed by atoms with Crippen molar-refractivity contribution in [1.29, 1.82) is 0 Å². The molecule has 0 amide bonds. The normalized spacial score (nSPS) is 21.3. The van der Waals surface area contributed by atoms with Crippen LogP contribution >= 0.6 is 0 Å². The summed E-state index contributed by atoms with van der Waals surface area (Å²) in [6, 6.07) is 2.71. The topological polar surface area (TPSA) is 44.5 Å². The van der Waals surface area contributed by atoms with Crippen molar-refractivity contribution in [2.75, 3.05) is 32.7 Å². The molecule has 1 aromatic heterocycles. The van der Waals surface area contributed by atoms with Crippen molar-refractivity contribution in [3.05, 3.63) is 17.5 Å². The number of rotatable bonds is 7. The van der Waals surface area contributed by atoms with Crippen molar-refractivity contribution in [1.82, 2.24) is 20.3 Å². The Kier molecular flexibility index (Phi) is 6.21. The van der Waals surface area contributed by atoms with E-state index in [9.17, 15) is 0 Å². The van der Waals surface area contributed by atoms with E-state index < -0.39 is 0 Å². The van der Waals surface area contributed by atoms with Gasteiger partial charge in [0.2, 0.25) is 0 Å². The summed E-state index contributed by atoms with van der Waals surface area (Å²) in [6.45, 7) is 16.1. The van der Waals surface area contributed by atoms with E-state index in [1.807, 2.05) is 0 Å². The van der Waals surface area contributed by atoms with Crippen LogP contribution in [0.15, 0.2) is 10.6 Å². The minimum atomic E-state index is 0.624. The average Bonchev–Trinajstić information content (AvgIpc) is 2.86. The zero-order valence-electron chi connectivity index (χ0n) is 13.9. The van der Waals surface area contributed by atoms with Gasteiger partial charge in [-0.05, 0) is 25.9 Å². The van der Waals surface area contributed by atoms with E-state index in [1.54, 1.807) is 0 Å². The van der Waals surface area contributed by atoms with E-state index in [2.05, 4.69) is 54.0 Å². The second-order valence-corrected chi connectivity index (χ2v) is 6.52. The maximum absolute atomic E-state index is 5.47. The minimum absolute atomic E-state index is 0.624. The van der Waals surface area contributed by atoms with Gasteiger partial charge in [0.1, 0.15) is 0 Å². The molecular weight excluding hydrogens is 264 g/mol. The molecule has 1 unspecified atom stereocenters. The molecule has 1 aromatic rings. The fraction of sp³-hybridized carbons (Fsp3) is 0.812. The number of hydrogen-bond acceptors (Lipinski definition) is 5. The van der Waals surface area contributed by atoms with Gasteiger partial charge in [0.25, 0.3) is 0 Å². The lowest BCUT2D eigenvalue weighted by molar-refractivity contribution is 0.0774. The van der Waals surface area contributed by atoms with E-state index in [0.29, 0.717) is 12.0 Å². The van der Waals surface area contributed by atoms with Crippen LogP contribution in [0.25, 0.3) is 0 Å². The van der Waals surface area contributed by atoms with Crippen molar-refractivity contribution >= 4 is 0 Å². The Morgan fingerprint density at radius 1 is 1.43 bits per heavy atom. The van der Waals surface area contributed by atoms with Gasteiger partial charge in [-0.3, -0.25) is 9.80 Å². The molecule has 0 aromatic carbocycles. The zero-order chi connectivity index (χ0) is 15.2. The Balaban J connectivity index is 1.77. The fourth-order valence-corrected chi connectivity index (χ4v) is 2.91. The minimum Gasteiger partial charge on any atom is -0.360 e. The molecule has 0 aliphatic carbocycles. The summed E-state index contributed by atoms with van der Waals surface area (Å²) >= 11 is 0. The summed E-state index contributed by atoms with van der Waals surface area (Å²) in [4.78, 5) is 4.99. The van der Waals surface area contributed by atoms with Gasteiger partial charge in [0.05, 0.1) is 12.2 Å². The largest absolute Gasteiger partial charge is 0.360 e. The number of nitrogens with zero attached hydrogens (tertiary/aromatic N) is 3. The third-order valence-electron chi connectivity index (χ3n) is 4.10. The predicted molar refractivity (Wildman–Crippen MR) is 85.0 cm³/mol. The van der Waals surface area contributed by atoms with Crippen LogP contribution in [-0.4, -0.2) is 53.7 Å². The highest BCUT2D eigenvalue weighted by Crippen LogP contribution is 2.13. The molecule has 0 radical (unpaired) electrons. The fourth-order valence-electron chi connectivity index (χ4n) is 2.91. The van der Waals surface area contributed by atoms with Crippen LogP contribution in [0.3, 0.4) is 0 Å². The van der Waals surface area contributed by atoms with E-state index in [4.69, 9.17) is 4.52 Å². The van der Waals surface area contributed by atoms with Crippen LogP contribution < -0.4 is 5.32 Å². The van der Waals surface area contributed by atoms with Gasteiger partial charge < -0.3 is 9.84 Å². The highest BCUT2D eigenvalue weighted by Gasteiger charge is 2.23. The summed E-state index contributed by atoms with van der Waals surface area (Å²) in [5.74, 6) is 1.64. The molecule has 0 saturated carbocycles. The van der Waals surface area contributed by atoms with Gasteiger partial charge >= 0.3 is 0 Å². The molecule has 1 N–H and O–H groups in total. The average molecular weight is 294 g/mol. The lowest BCUT2D eigenvalue weighted by Gasteiger charge is -2.38. The Morgan fingerprint density at radius 2 is 2.24 bits per heavy atom. The first-order valence-electron chi connectivity index (χ1n) is 8.20. The molecule has 1 atom stereocenters. The van der Waals surface area contributed by atoms with Gasteiger partial charge in [0, 0.05) is 38.3 Å². The Bertz CT molecular complexity index is 418. The van der Waals surface area contributed by atoms with Crippen LogP contribution in [0.1, 0.15) is 39.1 Å². The molecule has 0 spiro atoms. The third-order valence-corrected chi connectivity index (χ3v) is 4.10. The predicted octanol–water partition coefficient (Wildman–Crippen LogP) is 1.95. The SMILES string of the molecule is CCN1CCN(Cc2cc(CNCC(C)C)no2)CC1C. The van der Waals surface area contributed by atoms with E-state index >= 15 is 0 Å². The summed E-state index contributed by atoms with van der Waals surface area (Å²) in [5.41, 5.74) is 1.01. The molecule has 2 rings (SSSR count). The van der Waals surface area contributed by atoms with Crippen molar-refractivity contribution in [3.8, 4) is 0 Å². The zero-order valence-corrected chi connectivity index (χ0v) is 13.9. The lowest BCUT2D eigenvalue weighted by atomic mass is 10.2. The number of nitrogens with one attached hydrogen (secondary N) is 1. The third kappa shape index (κ3) is 5.09. The highest BCUT2D eigenvalue weighted by atomic mass is 16.5. The van der Waals surface area contributed by atoms with Crippen molar-refractivity contribution < 1.29 is 4.52 Å². The van der Waals surface area contributed by atoms with E-state index in [-0.39, 0.29) is 0 Å². The van der Waals surface area contributed by atoms with Gasteiger partial charge in [-0.15, -0.1) is 0 Å².